The van der Waals surface area contributed by atoms with Gasteiger partial charge >= 0.3 is 0 Å². The van der Waals surface area contributed by atoms with Crippen molar-refractivity contribution in [1.29, 1.82) is 0 Å². The molecular formula is C15H18ClFN2OS. The molecule has 0 aromatic heterocycles. The Kier molecular flexibility index (Phi) is 4.84. The van der Waals surface area contributed by atoms with Crippen LogP contribution >= 0.6 is 23.8 Å². The van der Waals surface area contributed by atoms with Gasteiger partial charge in [0, 0.05) is 0 Å². The molecule has 21 heavy (non-hydrogen) atoms. The van der Waals surface area contributed by atoms with Crippen molar-refractivity contribution in [3.8, 4) is 0 Å². The van der Waals surface area contributed by atoms with Gasteiger partial charge in [-0.05, 0) is 43.7 Å². The van der Waals surface area contributed by atoms with Crippen molar-refractivity contribution in [3.05, 3.63) is 34.6 Å². The average Bonchev–Trinajstić information content (AvgIpc) is 2.41. The molecule has 2 rings (SSSR count). The van der Waals surface area contributed by atoms with E-state index in [0.717, 1.165) is 12.8 Å². The van der Waals surface area contributed by atoms with Crippen LogP contribution in [0.15, 0.2) is 18.2 Å². The summed E-state index contributed by atoms with van der Waals surface area (Å²) in [4.78, 5) is 12.6. The third-order valence-electron chi connectivity index (χ3n) is 4.14. The number of nitrogens with one attached hydrogen (secondary N) is 1. The number of carbonyl (C=O) groups is 1. The summed E-state index contributed by atoms with van der Waals surface area (Å²) in [7, 11) is 0. The van der Waals surface area contributed by atoms with Gasteiger partial charge in [-0.2, -0.15) is 0 Å². The van der Waals surface area contributed by atoms with Gasteiger partial charge in [0.1, 0.15) is 5.82 Å². The van der Waals surface area contributed by atoms with Gasteiger partial charge in [-0.25, -0.2) is 4.39 Å². The molecule has 0 spiro atoms. The lowest BCUT2D eigenvalue weighted by molar-refractivity contribution is 0.0896. The summed E-state index contributed by atoms with van der Waals surface area (Å²) in [5, 5.41) is 2.90. The number of hydrogen-bond donors (Lipinski definition) is 2. The highest BCUT2D eigenvalue weighted by Crippen LogP contribution is 2.33. The van der Waals surface area contributed by atoms with E-state index in [4.69, 9.17) is 29.6 Å². The Morgan fingerprint density at radius 2 is 2.10 bits per heavy atom. The number of thiocarbonyl (C=S) groups is 1. The third-order valence-corrected chi connectivity index (χ3v) is 4.85. The van der Waals surface area contributed by atoms with Gasteiger partial charge in [0.2, 0.25) is 0 Å². The molecule has 0 radical (unpaired) electrons. The number of benzene rings is 1. The van der Waals surface area contributed by atoms with E-state index < -0.39 is 17.3 Å². The van der Waals surface area contributed by atoms with Gasteiger partial charge < -0.3 is 11.1 Å². The SMILES string of the molecule is CC1CCC(NC(=O)c2c(F)cccc2Cl)(C(N)=S)CC1. The van der Waals surface area contributed by atoms with E-state index in [1.54, 1.807) is 0 Å². The summed E-state index contributed by atoms with van der Waals surface area (Å²) in [6, 6.07) is 4.15. The summed E-state index contributed by atoms with van der Waals surface area (Å²) >= 11 is 11.1. The molecule has 0 heterocycles. The van der Waals surface area contributed by atoms with Gasteiger partial charge in [0.05, 0.1) is 21.1 Å². The fourth-order valence-electron chi connectivity index (χ4n) is 2.68. The molecule has 3 nitrogen and oxygen atoms in total. The molecule has 0 aliphatic heterocycles. The van der Waals surface area contributed by atoms with E-state index in [9.17, 15) is 9.18 Å². The monoisotopic (exact) mass is 328 g/mol. The molecule has 1 aromatic rings. The number of nitrogens with two attached hydrogens (primary N) is 1. The summed E-state index contributed by atoms with van der Waals surface area (Å²) in [5.41, 5.74) is 4.94. The van der Waals surface area contributed by atoms with Crippen molar-refractivity contribution in [3.63, 3.8) is 0 Å². The summed E-state index contributed by atoms with van der Waals surface area (Å²) in [5.74, 6) is -0.649. The number of halogens is 2. The Labute approximate surface area is 134 Å². The molecule has 0 bridgehead atoms. The van der Waals surface area contributed by atoms with E-state index >= 15 is 0 Å². The Bertz CT molecular complexity index is 551. The summed E-state index contributed by atoms with van der Waals surface area (Å²) in [6.45, 7) is 2.15. The first-order valence-corrected chi connectivity index (χ1v) is 7.71. The Morgan fingerprint density at radius 1 is 1.48 bits per heavy atom. The number of hydrogen-bond acceptors (Lipinski definition) is 2. The van der Waals surface area contributed by atoms with Crippen LogP contribution in [-0.4, -0.2) is 16.4 Å². The van der Waals surface area contributed by atoms with E-state index in [1.807, 2.05) is 0 Å². The topological polar surface area (TPSA) is 55.1 Å². The zero-order chi connectivity index (χ0) is 15.6. The van der Waals surface area contributed by atoms with Crippen LogP contribution in [0.1, 0.15) is 43.0 Å². The van der Waals surface area contributed by atoms with Crippen molar-refractivity contribution in [1.82, 2.24) is 5.32 Å². The second-order valence-electron chi connectivity index (χ2n) is 5.68. The van der Waals surface area contributed by atoms with E-state index in [0.29, 0.717) is 18.8 Å². The van der Waals surface area contributed by atoms with Crippen molar-refractivity contribution >= 4 is 34.7 Å². The predicted molar refractivity (Wildman–Crippen MR) is 86.0 cm³/mol. The normalized spacial score (nSPS) is 25.4. The van der Waals surface area contributed by atoms with Gasteiger partial charge in [-0.1, -0.05) is 36.8 Å². The highest BCUT2D eigenvalue weighted by molar-refractivity contribution is 7.80. The van der Waals surface area contributed by atoms with Crippen LogP contribution in [0.3, 0.4) is 0 Å². The van der Waals surface area contributed by atoms with Gasteiger partial charge in [-0.3, -0.25) is 4.79 Å². The largest absolute Gasteiger partial charge is 0.391 e. The first kappa shape index (κ1) is 16.2. The second-order valence-corrected chi connectivity index (χ2v) is 6.53. The van der Waals surface area contributed by atoms with Crippen molar-refractivity contribution in [2.75, 3.05) is 0 Å². The van der Waals surface area contributed by atoms with Gasteiger partial charge in [0.15, 0.2) is 0 Å². The van der Waals surface area contributed by atoms with Crippen LogP contribution in [0, 0.1) is 11.7 Å². The molecule has 3 N–H and O–H groups in total. The molecule has 0 saturated heterocycles. The molecule has 0 atom stereocenters. The fraction of sp³-hybridized carbons (Fsp3) is 0.467. The highest BCUT2D eigenvalue weighted by Gasteiger charge is 2.39. The molecule has 1 saturated carbocycles. The lowest BCUT2D eigenvalue weighted by atomic mass is 9.77. The minimum atomic E-state index is -0.745. The first-order valence-electron chi connectivity index (χ1n) is 6.92. The maximum absolute atomic E-state index is 13.8. The van der Waals surface area contributed by atoms with Crippen molar-refractivity contribution in [2.45, 2.75) is 38.1 Å². The zero-order valence-electron chi connectivity index (χ0n) is 11.8. The highest BCUT2D eigenvalue weighted by atomic mass is 35.5. The maximum atomic E-state index is 13.8. The van der Waals surface area contributed by atoms with Crippen LogP contribution in [0.2, 0.25) is 5.02 Å². The molecule has 1 aliphatic carbocycles. The van der Waals surface area contributed by atoms with Crippen molar-refractivity contribution in [2.24, 2.45) is 11.7 Å². The second kappa shape index (κ2) is 6.28. The van der Waals surface area contributed by atoms with Gasteiger partial charge in [-0.15, -0.1) is 0 Å². The lowest BCUT2D eigenvalue weighted by Gasteiger charge is -2.39. The number of rotatable bonds is 3. The quantitative estimate of drug-likeness (QED) is 0.836. The van der Waals surface area contributed by atoms with Crippen LogP contribution in [0.4, 0.5) is 4.39 Å². The van der Waals surface area contributed by atoms with Crippen LogP contribution < -0.4 is 11.1 Å². The van der Waals surface area contributed by atoms with Crippen LogP contribution in [0.25, 0.3) is 0 Å². The molecular weight excluding hydrogens is 311 g/mol. The maximum Gasteiger partial charge on any atom is 0.256 e. The third kappa shape index (κ3) is 3.35. The molecule has 1 fully saturated rings. The lowest BCUT2D eigenvalue weighted by Crippen LogP contribution is -2.58. The average molecular weight is 329 g/mol. The van der Waals surface area contributed by atoms with E-state index in [1.165, 1.54) is 18.2 Å². The van der Waals surface area contributed by atoms with Crippen LogP contribution in [-0.2, 0) is 0 Å². The summed E-state index contributed by atoms with van der Waals surface area (Å²) < 4.78 is 13.8. The smallest absolute Gasteiger partial charge is 0.256 e. The number of carbonyl (C=O) groups excluding carboxylic acids is 1. The molecule has 6 heteroatoms. The van der Waals surface area contributed by atoms with Crippen molar-refractivity contribution < 1.29 is 9.18 Å². The van der Waals surface area contributed by atoms with Crippen LogP contribution in [0.5, 0.6) is 0 Å². The minimum Gasteiger partial charge on any atom is -0.391 e. The molecule has 114 valence electrons. The fourth-order valence-corrected chi connectivity index (χ4v) is 3.19. The number of amides is 1. The minimum absolute atomic E-state index is 0.0785. The van der Waals surface area contributed by atoms with Gasteiger partial charge in [0.25, 0.3) is 5.91 Å². The molecule has 1 aliphatic rings. The zero-order valence-corrected chi connectivity index (χ0v) is 13.4. The Morgan fingerprint density at radius 3 is 2.62 bits per heavy atom. The first-order chi connectivity index (χ1) is 9.85. The van der Waals surface area contributed by atoms with E-state index in [2.05, 4.69) is 12.2 Å². The van der Waals surface area contributed by atoms with E-state index in [-0.39, 0.29) is 15.6 Å². The molecule has 1 aromatic carbocycles. The summed E-state index contributed by atoms with van der Waals surface area (Å²) in [6.07, 6.45) is 3.17. The Hall–Kier alpha value is -1.20. The predicted octanol–water partition coefficient (Wildman–Crippen LogP) is 3.44. The standard InChI is InChI=1S/C15H18ClFN2OS/c1-9-5-7-15(8-6-9,14(18)21)19-13(20)12-10(16)3-2-4-11(12)17/h2-4,9H,5-8H2,1H3,(H2,18,21)(H,19,20). The molecule has 1 amide bonds. The Balaban J connectivity index is 2.26. The molecule has 0 unspecified atom stereocenters.